The van der Waals surface area contributed by atoms with Crippen LogP contribution in [-0.4, -0.2) is 23.3 Å². The first kappa shape index (κ1) is 15.6. The lowest BCUT2D eigenvalue weighted by molar-refractivity contribution is 0.00876. The highest BCUT2D eigenvalue weighted by atomic mass is 16.5. The molecule has 1 aliphatic carbocycles. The monoisotopic (exact) mass is 338 g/mol. The second kappa shape index (κ2) is 6.26. The molecule has 5 rings (SSSR count). The largest absolute Gasteiger partial charge is 0.373 e. The molecule has 2 aromatic rings. The van der Waals surface area contributed by atoms with Crippen LogP contribution in [-0.2, 0) is 11.3 Å². The number of hydrogen-bond acceptors (Lipinski definition) is 4. The second-order valence-corrected chi connectivity index (χ2v) is 8.01. The fourth-order valence-electron chi connectivity index (χ4n) is 4.52. The third-order valence-electron chi connectivity index (χ3n) is 6.06. The molecule has 1 aromatic carbocycles. The van der Waals surface area contributed by atoms with Crippen molar-refractivity contribution in [3.63, 3.8) is 0 Å². The van der Waals surface area contributed by atoms with Crippen molar-refractivity contribution in [3.8, 4) is 11.3 Å². The van der Waals surface area contributed by atoms with Crippen LogP contribution in [0.15, 0.2) is 28.8 Å². The quantitative estimate of drug-likeness (QED) is 0.881. The third-order valence-corrected chi connectivity index (χ3v) is 6.06. The van der Waals surface area contributed by atoms with Gasteiger partial charge in [0.05, 0.1) is 12.7 Å². The molecule has 1 saturated carbocycles. The lowest BCUT2D eigenvalue weighted by Crippen LogP contribution is -2.41. The van der Waals surface area contributed by atoms with Crippen molar-refractivity contribution in [2.24, 2.45) is 0 Å². The first-order valence-electron chi connectivity index (χ1n) is 9.70. The fourth-order valence-corrected chi connectivity index (χ4v) is 4.52. The van der Waals surface area contributed by atoms with Gasteiger partial charge in [0.2, 0.25) is 0 Å². The van der Waals surface area contributed by atoms with E-state index in [0.717, 1.165) is 24.3 Å². The van der Waals surface area contributed by atoms with Gasteiger partial charge < -0.3 is 14.6 Å². The summed E-state index contributed by atoms with van der Waals surface area (Å²) in [6.07, 6.45) is 7.69. The minimum Gasteiger partial charge on any atom is -0.373 e. The van der Waals surface area contributed by atoms with E-state index in [9.17, 15) is 0 Å². The molecular weight excluding hydrogens is 312 g/mol. The van der Waals surface area contributed by atoms with Gasteiger partial charge in [-0.15, -0.1) is 0 Å². The smallest absolute Gasteiger partial charge is 0.145 e. The molecular formula is C21H26N2O2. The van der Waals surface area contributed by atoms with Crippen molar-refractivity contribution < 1.29 is 9.26 Å². The van der Waals surface area contributed by atoms with Crippen molar-refractivity contribution in [2.45, 2.75) is 76.2 Å². The summed E-state index contributed by atoms with van der Waals surface area (Å²) >= 11 is 0. The zero-order valence-corrected chi connectivity index (χ0v) is 14.8. The lowest BCUT2D eigenvalue weighted by atomic mass is 10.00. The topological polar surface area (TPSA) is 47.3 Å². The van der Waals surface area contributed by atoms with Crippen LogP contribution in [0.25, 0.3) is 11.3 Å². The maximum absolute atomic E-state index is 6.39. The van der Waals surface area contributed by atoms with E-state index in [4.69, 9.17) is 9.26 Å². The van der Waals surface area contributed by atoms with Crippen LogP contribution in [0.5, 0.6) is 0 Å². The Hall–Kier alpha value is -1.65. The van der Waals surface area contributed by atoms with Crippen LogP contribution < -0.4 is 5.32 Å². The van der Waals surface area contributed by atoms with Gasteiger partial charge in [-0.1, -0.05) is 29.4 Å². The van der Waals surface area contributed by atoms with Gasteiger partial charge in [0.15, 0.2) is 0 Å². The van der Waals surface area contributed by atoms with E-state index in [-0.39, 0.29) is 0 Å². The molecule has 1 aromatic heterocycles. The zero-order valence-electron chi connectivity index (χ0n) is 14.8. The van der Waals surface area contributed by atoms with Gasteiger partial charge in [0.1, 0.15) is 11.5 Å². The molecule has 2 unspecified atom stereocenters. The Morgan fingerprint density at radius 1 is 1.12 bits per heavy atom. The summed E-state index contributed by atoms with van der Waals surface area (Å²) in [6.45, 7) is 2.76. The van der Waals surface area contributed by atoms with Gasteiger partial charge in [0.25, 0.3) is 0 Å². The highest BCUT2D eigenvalue weighted by Crippen LogP contribution is 2.44. The van der Waals surface area contributed by atoms with Gasteiger partial charge in [-0.3, -0.25) is 0 Å². The molecule has 2 aliphatic heterocycles. The number of nitrogens with zero attached hydrogens (tertiary/aromatic N) is 1. The molecule has 4 nitrogen and oxygen atoms in total. The van der Waals surface area contributed by atoms with E-state index in [1.807, 2.05) is 0 Å². The average Bonchev–Trinajstić information content (AvgIpc) is 3.30. The number of benzene rings is 1. The number of nitrogens with one attached hydrogen (secondary N) is 1. The van der Waals surface area contributed by atoms with Gasteiger partial charge >= 0.3 is 0 Å². The van der Waals surface area contributed by atoms with Crippen molar-refractivity contribution in [1.29, 1.82) is 0 Å². The van der Waals surface area contributed by atoms with Crippen molar-refractivity contribution in [3.05, 3.63) is 41.2 Å². The molecule has 1 N–H and O–H groups in total. The van der Waals surface area contributed by atoms with E-state index in [2.05, 4.69) is 41.7 Å². The van der Waals surface area contributed by atoms with Gasteiger partial charge in [-0.05, 0) is 51.0 Å². The van der Waals surface area contributed by atoms with Crippen LogP contribution in [0.4, 0.5) is 0 Å². The maximum Gasteiger partial charge on any atom is 0.145 e. The summed E-state index contributed by atoms with van der Waals surface area (Å²) < 4.78 is 12.2. The van der Waals surface area contributed by atoms with E-state index in [1.165, 1.54) is 42.4 Å². The number of piperidine rings is 1. The standard InChI is InChI=1S/C21H26N2O2/c1-13-4-2-3-5-18(13)20-19(21(25-23-20)14-6-7-14)12-24-17-10-15-8-9-16(11-17)22-15/h2-5,14-17,22H,6-12H2,1H3. The Bertz CT molecular complexity index is 753. The first-order chi connectivity index (χ1) is 12.3. The number of aromatic nitrogens is 1. The molecule has 3 aliphatic rings. The molecule has 2 bridgehead atoms. The Morgan fingerprint density at radius 3 is 2.60 bits per heavy atom. The molecule has 2 atom stereocenters. The Labute approximate surface area is 148 Å². The summed E-state index contributed by atoms with van der Waals surface area (Å²) in [7, 11) is 0. The van der Waals surface area contributed by atoms with Crippen molar-refractivity contribution in [1.82, 2.24) is 10.5 Å². The minimum absolute atomic E-state index is 0.366. The average molecular weight is 338 g/mol. The normalized spacial score (nSPS) is 28.4. The second-order valence-electron chi connectivity index (χ2n) is 8.01. The number of rotatable bonds is 5. The number of fused-ring (bicyclic) bond motifs is 2. The van der Waals surface area contributed by atoms with E-state index in [1.54, 1.807) is 0 Å². The highest BCUT2D eigenvalue weighted by molar-refractivity contribution is 5.67. The van der Waals surface area contributed by atoms with Crippen LogP contribution in [0, 0.1) is 6.92 Å². The Kier molecular flexibility index (Phi) is 3.90. The van der Waals surface area contributed by atoms with Gasteiger partial charge in [0, 0.05) is 29.1 Å². The van der Waals surface area contributed by atoms with Crippen LogP contribution in [0.2, 0.25) is 0 Å². The van der Waals surface area contributed by atoms with Crippen LogP contribution in [0.3, 0.4) is 0 Å². The molecule has 132 valence electrons. The van der Waals surface area contributed by atoms with Crippen molar-refractivity contribution in [2.75, 3.05) is 0 Å². The summed E-state index contributed by atoms with van der Waals surface area (Å²) in [5.41, 5.74) is 4.57. The molecule has 0 amide bonds. The molecule has 25 heavy (non-hydrogen) atoms. The summed E-state index contributed by atoms with van der Waals surface area (Å²) in [6, 6.07) is 9.73. The number of aryl methyl sites for hydroxylation is 1. The maximum atomic E-state index is 6.39. The van der Waals surface area contributed by atoms with Crippen molar-refractivity contribution >= 4 is 0 Å². The summed E-state index contributed by atoms with van der Waals surface area (Å²) in [4.78, 5) is 0. The summed E-state index contributed by atoms with van der Waals surface area (Å²) in [5.74, 6) is 1.61. The molecule has 0 spiro atoms. The number of hydrogen-bond donors (Lipinski definition) is 1. The Morgan fingerprint density at radius 2 is 1.88 bits per heavy atom. The zero-order chi connectivity index (χ0) is 16.8. The van der Waals surface area contributed by atoms with Gasteiger partial charge in [-0.25, -0.2) is 0 Å². The highest BCUT2D eigenvalue weighted by Gasteiger charge is 2.36. The van der Waals surface area contributed by atoms with Gasteiger partial charge in [-0.2, -0.15) is 0 Å². The molecule has 3 heterocycles. The predicted molar refractivity (Wildman–Crippen MR) is 96.4 cm³/mol. The van der Waals surface area contributed by atoms with E-state index >= 15 is 0 Å². The molecule has 2 saturated heterocycles. The summed E-state index contributed by atoms with van der Waals surface area (Å²) in [5, 5.41) is 8.13. The Balaban J connectivity index is 1.39. The minimum atomic E-state index is 0.366. The SMILES string of the molecule is Cc1ccccc1-c1noc(C2CC2)c1COC1CC2CCC(C1)N2. The fraction of sp³-hybridized carbons (Fsp3) is 0.571. The van der Waals surface area contributed by atoms with Crippen LogP contribution >= 0.6 is 0 Å². The van der Waals surface area contributed by atoms with E-state index in [0.29, 0.717) is 30.7 Å². The molecule has 3 fully saturated rings. The third kappa shape index (κ3) is 3.02. The molecule has 0 radical (unpaired) electrons. The first-order valence-corrected chi connectivity index (χ1v) is 9.70. The predicted octanol–water partition coefficient (Wildman–Crippen LogP) is 4.33. The van der Waals surface area contributed by atoms with E-state index < -0.39 is 0 Å². The number of ether oxygens (including phenoxy) is 1. The lowest BCUT2D eigenvalue weighted by Gasteiger charge is -2.29. The molecule has 4 heteroatoms. The van der Waals surface area contributed by atoms with Crippen LogP contribution in [0.1, 0.15) is 61.3 Å².